The minimum atomic E-state index is 0. The maximum absolute atomic E-state index is 2.62. The van der Waals surface area contributed by atoms with Gasteiger partial charge >= 0.3 is 151 Å². The monoisotopic (exact) mass is 972 g/mol. The number of rotatable bonds is 2. The molecule has 0 heterocycles. The maximum Gasteiger partial charge on any atom is -0.00969 e. The van der Waals surface area contributed by atoms with E-state index in [1.54, 1.807) is 28.2 Å². The zero-order valence-electron chi connectivity index (χ0n) is 43.2. The van der Waals surface area contributed by atoms with Gasteiger partial charge in [-0.2, -0.15) is 33.9 Å². The molecule has 0 amide bonds. The van der Waals surface area contributed by atoms with Gasteiger partial charge < -0.3 is 24.8 Å². The molecule has 3 heteroatoms. The molecule has 0 saturated heterocycles. The molecule has 2 atom stereocenters. The summed E-state index contributed by atoms with van der Waals surface area (Å²) in [5, 5.41) is 0. The van der Waals surface area contributed by atoms with Crippen molar-refractivity contribution in [2.24, 2.45) is 27.6 Å². The zero-order valence-corrected chi connectivity index (χ0v) is 47.2. The van der Waals surface area contributed by atoms with Gasteiger partial charge in [0.05, 0.1) is 0 Å². The summed E-state index contributed by atoms with van der Waals surface area (Å²) in [4.78, 5) is 0. The van der Waals surface area contributed by atoms with Gasteiger partial charge in [-0.15, -0.1) is 6.92 Å². The molecule has 1 saturated carbocycles. The minimum absolute atomic E-state index is 0. The Morgan fingerprint density at radius 1 is 0.688 bits per heavy atom. The predicted molar refractivity (Wildman–Crippen MR) is 268 cm³/mol. The van der Waals surface area contributed by atoms with E-state index in [2.05, 4.69) is 229 Å². The van der Waals surface area contributed by atoms with E-state index in [0.29, 0.717) is 11.3 Å². The van der Waals surface area contributed by atoms with Gasteiger partial charge in [0.15, 0.2) is 0 Å². The Morgan fingerprint density at radius 3 is 1.62 bits per heavy atom. The van der Waals surface area contributed by atoms with E-state index in [1.807, 2.05) is 0 Å². The number of fused-ring (bicyclic) bond motifs is 6. The van der Waals surface area contributed by atoms with Crippen LogP contribution in [0.3, 0.4) is 0 Å². The van der Waals surface area contributed by atoms with Crippen molar-refractivity contribution in [1.29, 1.82) is 0 Å². The van der Waals surface area contributed by atoms with E-state index in [1.165, 1.54) is 90.4 Å². The molecule has 0 bridgehead atoms. The van der Waals surface area contributed by atoms with Crippen molar-refractivity contribution < 1.29 is 49.0 Å². The average molecular weight is 975 g/mol. The molecule has 64 heavy (non-hydrogen) atoms. The molecular formula is C61H80Cl2Zr-2. The van der Waals surface area contributed by atoms with Crippen LogP contribution in [0.1, 0.15) is 181 Å². The van der Waals surface area contributed by atoms with Crippen LogP contribution in [-0.4, -0.2) is 3.21 Å². The SMILES string of the molecule is CC(C)(C)c1ccc([C](=[Zr+2])c2ccc(C(C)(C)C)cc2)cc1.C[C-]1C2=C3Cc4ccccc4C3=C3C=CCCC3C2(C)C(C)(C)C(C)(C)C1(C)C.Cc1cc(C(C)(C)C)c(C)[cH-]1.[Cl-].[Cl-]. The molecule has 8 rings (SSSR count). The van der Waals surface area contributed by atoms with Crippen molar-refractivity contribution in [2.45, 2.75) is 167 Å². The number of aryl methyl sites for hydroxylation is 2. The predicted octanol–water partition coefficient (Wildman–Crippen LogP) is 10.7. The molecule has 0 aliphatic heterocycles. The summed E-state index contributed by atoms with van der Waals surface area (Å²) in [6.07, 6.45) is 8.50. The first-order chi connectivity index (χ1) is 28.5. The first-order valence-electron chi connectivity index (χ1n) is 23.6. The Labute approximate surface area is 419 Å². The van der Waals surface area contributed by atoms with E-state index in [0.717, 1.165) is 6.42 Å². The third kappa shape index (κ3) is 9.46. The fourth-order valence-corrected chi connectivity index (χ4v) is 12.4. The van der Waals surface area contributed by atoms with Gasteiger partial charge in [0.25, 0.3) is 0 Å². The number of benzene rings is 3. The second kappa shape index (κ2) is 18.8. The van der Waals surface area contributed by atoms with Crippen LogP contribution < -0.4 is 24.8 Å². The summed E-state index contributed by atoms with van der Waals surface area (Å²) in [6.45, 7) is 45.0. The molecule has 4 aliphatic carbocycles. The van der Waals surface area contributed by atoms with Gasteiger partial charge in [0, 0.05) is 0 Å². The van der Waals surface area contributed by atoms with E-state index in [-0.39, 0.29) is 57.3 Å². The van der Waals surface area contributed by atoms with Crippen molar-refractivity contribution in [2.75, 3.05) is 0 Å². The molecule has 4 aliphatic rings. The zero-order chi connectivity index (χ0) is 46.2. The third-order valence-corrected chi connectivity index (χ3v) is 18.3. The van der Waals surface area contributed by atoms with Gasteiger partial charge in [0.2, 0.25) is 0 Å². The van der Waals surface area contributed by atoms with Gasteiger partial charge in [-0.05, 0) is 40.6 Å². The molecule has 0 nitrogen and oxygen atoms in total. The quantitative estimate of drug-likeness (QED) is 0.176. The Bertz CT molecular complexity index is 2340. The summed E-state index contributed by atoms with van der Waals surface area (Å²) in [5.74, 6) is 2.24. The summed E-state index contributed by atoms with van der Waals surface area (Å²) < 4.78 is 1.42. The number of allylic oxidation sites excluding steroid dienone is 6. The smallest absolute Gasteiger partial charge is 0.00969 e. The molecule has 344 valence electrons. The second-order valence-electron chi connectivity index (χ2n) is 24.2. The van der Waals surface area contributed by atoms with E-state index in [4.69, 9.17) is 0 Å². The number of hydrogen-bond donors (Lipinski definition) is 0. The largest absolute Gasteiger partial charge is 1.00 e. The Hall–Kier alpha value is -2.57. The topological polar surface area (TPSA) is 0 Å². The van der Waals surface area contributed by atoms with Gasteiger partial charge in [0.1, 0.15) is 0 Å². The van der Waals surface area contributed by atoms with Crippen LogP contribution >= 0.6 is 0 Å². The Kier molecular flexibility index (Phi) is 15.9. The summed E-state index contributed by atoms with van der Waals surface area (Å²) >= 11 is 1.46. The number of hydrogen-bond acceptors (Lipinski definition) is 0. The van der Waals surface area contributed by atoms with Crippen molar-refractivity contribution >= 4 is 8.78 Å². The third-order valence-electron chi connectivity index (χ3n) is 16.9. The molecule has 4 aromatic carbocycles. The maximum atomic E-state index is 2.62. The molecule has 0 N–H and O–H groups in total. The molecule has 1 fully saturated rings. The van der Waals surface area contributed by atoms with Crippen molar-refractivity contribution in [3.8, 4) is 0 Å². The normalized spacial score (nSPS) is 21.4. The van der Waals surface area contributed by atoms with Crippen LogP contribution in [0.4, 0.5) is 0 Å². The molecule has 0 spiro atoms. The summed E-state index contributed by atoms with van der Waals surface area (Å²) in [6, 6.07) is 31.8. The Morgan fingerprint density at radius 2 is 1.19 bits per heavy atom. The average Bonchev–Trinajstić information content (AvgIpc) is 3.76. The molecule has 4 aromatic rings. The van der Waals surface area contributed by atoms with E-state index >= 15 is 0 Å². The standard InChI is InChI=1S/C29H37.C21H26.C11H17.2ClH.Zr/c1-18-25-22-17-19-13-9-10-14-20(19)24(22)21-15-11-12-16-23(21)29(25,8)28(6,7)27(4,5)26(18,2)3;1-20(2,3)18-11-7-16(8-12-18)15-17-9-13-19(14-10-17)21(4,5)6;1-8-6-9(2)10(7-8)11(3,4)5;;;/h9-11,13-15,23H,12,16-17H2,1-8H3;7-14H,1-6H3;6-7H,1-5H3;2*1H;/q-1;;-1;;;+2/p-2. The van der Waals surface area contributed by atoms with Gasteiger partial charge in [-0.3, -0.25) is 0 Å². The first kappa shape index (κ1) is 54.0. The molecule has 0 aromatic heterocycles. The molecule has 0 radical (unpaired) electrons. The Balaban J connectivity index is 0.000000228. The van der Waals surface area contributed by atoms with Crippen LogP contribution in [0.15, 0.2) is 114 Å². The van der Waals surface area contributed by atoms with Crippen molar-refractivity contribution in [3.63, 3.8) is 0 Å². The molecule has 2 unspecified atom stereocenters. The minimum Gasteiger partial charge on any atom is -1.00 e. The fourth-order valence-electron chi connectivity index (χ4n) is 11.6. The first-order valence-corrected chi connectivity index (χ1v) is 24.8. The molecular weight excluding hydrogens is 895 g/mol. The summed E-state index contributed by atoms with van der Waals surface area (Å²) in [7, 11) is 0. The van der Waals surface area contributed by atoms with Crippen LogP contribution in [0, 0.1) is 47.3 Å². The van der Waals surface area contributed by atoms with E-state index < -0.39 is 0 Å². The fraction of sp³-hybridized carbons (Fsp3) is 0.492. The number of halogens is 2. The van der Waals surface area contributed by atoms with E-state index in [9.17, 15) is 0 Å². The van der Waals surface area contributed by atoms with Crippen LogP contribution in [0.2, 0.25) is 0 Å². The second-order valence-corrected chi connectivity index (χ2v) is 25.4. The van der Waals surface area contributed by atoms with Gasteiger partial charge in [-0.25, -0.2) is 12.0 Å². The van der Waals surface area contributed by atoms with Crippen LogP contribution in [0.25, 0.3) is 5.57 Å². The van der Waals surface area contributed by atoms with Gasteiger partial charge in [-0.1, -0.05) is 153 Å². The van der Waals surface area contributed by atoms with Crippen molar-refractivity contribution in [3.05, 3.63) is 170 Å². The van der Waals surface area contributed by atoms with Crippen LogP contribution in [0.5, 0.6) is 0 Å². The summed E-state index contributed by atoms with van der Waals surface area (Å²) in [5.41, 5.74) is 20.8. The van der Waals surface area contributed by atoms with Crippen LogP contribution in [-0.2, 0) is 46.9 Å². The van der Waals surface area contributed by atoms with Crippen molar-refractivity contribution in [1.82, 2.24) is 0 Å².